The number of methoxy groups -OCH3 is 1. The summed E-state index contributed by atoms with van der Waals surface area (Å²) in [7, 11) is 1.52. The first-order chi connectivity index (χ1) is 42.2. The van der Waals surface area contributed by atoms with E-state index in [0.717, 1.165) is 17.9 Å². The molecule has 0 spiro atoms. The van der Waals surface area contributed by atoms with Crippen LogP contribution in [0.4, 0.5) is 0 Å². The molecule has 0 bridgehead atoms. The molecule has 26 nitrogen and oxygen atoms in total. The molecule has 4 aliphatic heterocycles. The molecule has 504 valence electrons. The molecule has 4 saturated carbocycles. The van der Waals surface area contributed by atoms with Gasteiger partial charge in [-0.3, -0.25) is 4.79 Å². The number of fused-ring (bicyclic) bond motifs is 7. The Morgan fingerprint density at radius 3 is 1.90 bits per heavy atom. The zero-order valence-corrected chi connectivity index (χ0v) is 52.2. The Balaban J connectivity index is 0.920. The van der Waals surface area contributed by atoms with Crippen LogP contribution in [-0.2, 0) is 61.8 Å². The van der Waals surface area contributed by atoms with Crippen LogP contribution in [0.5, 0.6) is 5.75 Å². The molecule has 4 heterocycles. The molecule has 10 rings (SSSR count). The highest BCUT2D eigenvalue weighted by Crippen LogP contribution is 2.76. The molecule has 0 unspecified atom stereocenters. The Bertz CT molecular complexity index is 2830. The third-order valence-electron chi connectivity index (χ3n) is 23.1. The van der Waals surface area contributed by atoms with Gasteiger partial charge in [-0.2, -0.15) is 0 Å². The number of carboxylic acid groups (broad SMARTS) is 1. The van der Waals surface area contributed by atoms with E-state index in [0.29, 0.717) is 49.8 Å². The van der Waals surface area contributed by atoms with Gasteiger partial charge in [-0.25, -0.2) is 9.59 Å². The number of allylic oxidation sites excluding steroid dienone is 2. The fourth-order valence-electron chi connectivity index (χ4n) is 17.5. The number of carboxylic acids is 1. The Labute approximate surface area is 521 Å². The van der Waals surface area contributed by atoms with Gasteiger partial charge in [0, 0.05) is 6.08 Å². The number of aliphatic hydroxyl groups excluding tert-OH is 11. The molecule has 5 aliphatic carbocycles. The highest BCUT2D eigenvalue weighted by molar-refractivity contribution is 5.87. The van der Waals surface area contributed by atoms with Gasteiger partial charge in [-0.15, -0.1) is 0 Å². The van der Waals surface area contributed by atoms with Gasteiger partial charge in [0.1, 0.15) is 84.6 Å². The van der Waals surface area contributed by atoms with Crippen molar-refractivity contribution in [3.63, 3.8) is 0 Å². The monoisotopic (exact) mass is 1280 g/mol. The van der Waals surface area contributed by atoms with E-state index < -0.39 is 198 Å². The minimum absolute atomic E-state index is 0.107. The van der Waals surface area contributed by atoms with Gasteiger partial charge in [-0.05, 0) is 135 Å². The van der Waals surface area contributed by atoms with E-state index in [-0.39, 0.29) is 30.6 Å². The zero-order chi connectivity index (χ0) is 65.7. The number of rotatable bonds is 15. The first-order valence-electron chi connectivity index (χ1n) is 31.4. The van der Waals surface area contributed by atoms with Gasteiger partial charge in [-0.1, -0.05) is 65.3 Å². The molecule has 4 saturated heterocycles. The summed E-state index contributed by atoms with van der Waals surface area (Å²) in [5, 5.41) is 132. The van der Waals surface area contributed by atoms with E-state index in [1.165, 1.54) is 27.0 Å². The Morgan fingerprint density at radius 2 is 1.27 bits per heavy atom. The molecule has 30 atom stereocenters. The molecular weight excluding hydrogens is 1180 g/mol. The maximum absolute atomic E-state index is 15.7. The summed E-state index contributed by atoms with van der Waals surface area (Å²) in [6.45, 7) is 14.6. The quantitative estimate of drug-likeness (QED) is 0.0375. The number of aliphatic carboxylic acids is 1. The van der Waals surface area contributed by atoms with Crippen LogP contribution in [0.15, 0.2) is 42.0 Å². The van der Waals surface area contributed by atoms with Gasteiger partial charge in [0.25, 0.3) is 0 Å². The molecular formula is C64H92O26. The molecule has 90 heavy (non-hydrogen) atoms. The molecule has 0 aromatic heterocycles. The molecule has 12 N–H and O–H groups in total. The summed E-state index contributed by atoms with van der Waals surface area (Å²) in [4.78, 5) is 55.5. The number of benzene rings is 1. The number of aldehydes is 1. The predicted molar refractivity (Wildman–Crippen MR) is 308 cm³/mol. The number of hydrogen-bond donors (Lipinski definition) is 12. The SMILES string of the molecule is COc1ccc(/C=C\C(=O)O[C@@H]2[C@H](O)[C@@H](O[C@@H]3O[C@@H](C)[C@H](O)[C@@H](O)[C@H]3O)[C@H](OC(=O)[C@]34CCC(C)(C)C[C@H]3C3=CC[C@@H]5[C@@]6(C)CC[C@H](O[C@@H]7O[C@H](C(=O)O)[C@@H](O)[C@H](O)[C@H]7O[C@@H]7O[C@H](CO)[C@@H](O)[C@H](O)[C@H]7O)[C@@](C)(C=O)[C@@H]6CC[C@@]5(C)[C@]3(C)C[C@H]4O)O[C@@H]2C)cc1. The van der Waals surface area contributed by atoms with Crippen LogP contribution in [0.25, 0.3) is 6.08 Å². The van der Waals surface area contributed by atoms with Crippen molar-refractivity contribution >= 4 is 30.3 Å². The average Bonchev–Trinajstić information content (AvgIpc) is 0.672. The summed E-state index contributed by atoms with van der Waals surface area (Å²) in [5.74, 6) is -3.91. The Hall–Kier alpha value is -4.14. The van der Waals surface area contributed by atoms with E-state index in [1.807, 2.05) is 0 Å². The molecule has 0 amide bonds. The third kappa shape index (κ3) is 11.6. The minimum Gasteiger partial charge on any atom is -0.497 e. The number of carbonyl (C=O) groups is 4. The second-order valence-corrected chi connectivity index (χ2v) is 28.6. The van der Waals surface area contributed by atoms with Crippen LogP contribution in [0.1, 0.15) is 119 Å². The maximum Gasteiger partial charge on any atom is 0.335 e. The minimum atomic E-state index is -2.10. The fraction of sp³-hybridized carbons (Fsp3) is 0.781. The van der Waals surface area contributed by atoms with Gasteiger partial charge >= 0.3 is 17.9 Å². The Kier molecular flexibility index (Phi) is 19.5. The standard InChI is InChI=1S/C64H92O26/c1-28-40(69)42(71)46(75)54(82-28)89-52-48(77)49(86-39(68)17-12-30-10-13-31(81-9)14-11-30)29(2)83-56(52)90-58(80)64-23-22-59(3,4)24-33(64)32-15-16-36-60(5)20-19-38(61(6,27-66)35(60)18-21-62(36,7)63(32,8)25-37(64)67)85-57-51(45(74)44(73)50(87-57)53(78)79)88-55-47(76)43(72)41(70)34(26-65)84-55/h10-15,17,27-29,33-38,40-52,54-57,65,67,69-77H,16,18-26H2,1-9H3,(H,78,79)/b17-12-/t28-,29+,33-,34+,35+,36+,37+,38-,40-,41+,42+,43-,44-,45-,46+,47+,48-,49-,50-,51+,52+,54-,55-,56-,57+,60-,61-,62+,63+,64+/m0/s1. The van der Waals surface area contributed by atoms with Crippen LogP contribution in [0, 0.1) is 50.2 Å². The topological polar surface area (TPSA) is 403 Å². The van der Waals surface area contributed by atoms with Crippen LogP contribution >= 0.6 is 0 Å². The highest BCUT2D eigenvalue weighted by Gasteiger charge is 2.73. The first-order valence-corrected chi connectivity index (χ1v) is 31.4. The second kappa shape index (κ2) is 25.5. The Morgan fingerprint density at radius 1 is 0.633 bits per heavy atom. The van der Waals surface area contributed by atoms with Crippen molar-refractivity contribution in [3.8, 4) is 5.75 Å². The summed E-state index contributed by atoms with van der Waals surface area (Å²) < 4.78 is 59.7. The van der Waals surface area contributed by atoms with Gasteiger partial charge in [0.15, 0.2) is 37.2 Å². The molecule has 26 heteroatoms. The van der Waals surface area contributed by atoms with Crippen LogP contribution in [0.2, 0.25) is 0 Å². The largest absolute Gasteiger partial charge is 0.497 e. The van der Waals surface area contributed by atoms with Crippen molar-refractivity contribution in [2.24, 2.45) is 50.2 Å². The van der Waals surface area contributed by atoms with Crippen molar-refractivity contribution in [2.75, 3.05) is 13.7 Å². The summed E-state index contributed by atoms with van der Waals surface area (Å²) in [6, 6.07) is 6.84. The van der Waals surface area contributed by atoms with E-state index in [9.17, 15) is 75.7 Å². The maximum atomic E-state index is 15.7. The second-order valence-electron chi connectivity index (χ2n) is 28.6. The van der Waals surface area contributed by atoms with E-state index >= 15 is 4.79 Å². The average molecular weight is 1280 g/mol. The van der Waals surface area contributed by atoms with E-state index in [4.69, 9.17) is 47.4 Å². The normalized spacial score (nSPS) is 49.2. The molecule has 9 aliphatic rings. The smallest absolute Gasteiger partial charge is 0.335 e. The third-order valence-corrected chi connectivity index (χ3v) is 23.1. The van der Waals surface area contributed by atoms with Crippen LogP contribution < -0.4 is 4.74 Å². The fourth-order valence-corrected chi connectivity index (χ4v) is 17.5. The summed E-state index contributed by atoms with van der Waals surface area (Å²) >= 11 is 0. The predicted octanol–water partition coefficient (Wildman–Crippen LogP) is 0.535. The number of hydrogen-bond acceptors (Lipinski definition) is 25. The van der Waals surface area contributed by atoms with Crippen molar-refractivity contribution in [1.29, 1.82) is 0 Å². The summed E-state index contributed by atoms with van der Waals surface area (Å²) in [6.07, 6.45) is -28.0. The number of ether oxygens (including phenoxy) is 10. The first kappa shape index (κ1) is 68.7. The van der Waals surface area contributed by atoms with Crippen molar-refractivity contribution < 1.29 is 128 Å². The summed E-state index contributed by atoms with van der Waals surface area (Å²) in [5.41, 5.74) is -3.59. The van der Waals surface area contributed by atoms with E-state index in [1.54, 1.807) is 31.2 Å². The van der Waals surface area contributed by atoms with Crippen molar-refractivity contribution in [1.82, 2.24) is 0 Å². The van der Waals surface area contributed by atoms with Crippen LogP contribution in [-0.4, -0.2) is 234 Å². The van der Waals surface area contributed by atoms with Gasteiger partial charge in [0.05, 0.1) is 43.5 Å². The van der Waals surface area contributed by atoms with Crippen LogP contribution in [0.3, 0.4) is 0 Å². The van der Waals surface area contributed by atoms with Gasteiger partial charge < -0.3 is 113 Å². The van der Waals surface area contributed by atoms with E-state index in [2.05, 4.69) is 40.7 Å². The molecule has 1 aromatic rings. The lowest BCUT2D eigenvalue weighted by Crippen LogP contribution is -2.69. The highest BCUT2D eigenvalue weighted by atomic mass is 16.8. The number of carbonyl (C=O) groups excluding carboxylic acids is 3. The number of esters is 2. The molecule has 8 fully saturated rings. The lowest BCUT2D eigenvalue weighted by molar-refractivity contribution is -0.373. The molecule has 0 radical (unpaired) electrons. The lowest BCUT2D eigenvalue weighted by Gasteiger charge is -2.71. The lowest BCUT2D eigenvalue weighted by atomic mass is 9.33. The zero-order valence-electron chi connectivity index (χ0n) is 52.2. The van der Waals surface area contributed by atoms with Crippen molar-refractivity contribution in [3.05, 3.63) is 47.6 Å². The van der Waals surface area contributed by atoms with Gasteiger partial charge in [0.2, 0.25) is 6.29 Å². The molecule has 1 aromatic carbocycles. The van der Waals surface area contributed by atoms with Crippen molar-refractivity contribution in [2.45, 2.75) is 248 Å². The number of aliphatic hydroxyl groups is 11.